The third-order valence-electron chi connectivity index (χ3n) is 4.60. The average molecular weight is 424 g/mol. The minimum Gasteiger partial charge on any atom is -0.368 e. The predicted octanol–water partition coefficient (Wildman–Crippen LogP) is 1.79. The summed E-state index contributed by atoms with van der Waals surface area (Å²) in [5, 5.41) is 3.96. The van der Waals surface area contributed by atoms with Crippen LogP contribution in [0.3, 0.4) is 0 Å². The molecule has 3 N–H and O–H groups in total. The fraction of sp³-hybridized carbons (Fsp3) is 0.250. The first-order chi connectivity index (χ1) is 14.5. The Morgan fingerprint density at radius 2 is 2.10 bits per heavy atom. The highest BCUT2D eigenvalue weighted by Gasteiger charge is 2.26. The topological polar surface area (TPSA) is 117 Å². The number of carbonyl (C=O) groups is 2. The highest BCUT2D eigenvalue weighted by atomic mass is 32.1. The number of carbonyl (C=O) groups excluding carboxylic acids is 2. The molecule has 154 valence electrons. The molecule has 0 atom stereocenters. The van der Waals surface area contributed by atoms with Crippen LogP contribution in [0.25, 0.3) is 10.6 Å². The number of nitrogens with two attached hydrogens (primary N) is 1. The number of primary amides is 1. The first-order valence-electron chi connectivity index (χ1n) is 9.42. The molecule has 1 aliphatic heterocycles. The van der Waals surface area contributed by atoms with Crippen molar-refractivity contribution in [1.29, 1.82) is 0 Å². The number of nitrogens with zero attached hydrogens (tertiary/aromatic N) is 5. The lowest BCUT2D eigenvalue weighted by Crippen LogP contribution is -2.52. The van der Waals surface area contributed by atoms with Crippen LogP contribution in [0.15, 0.2) is 42.7 Å². The Morgan fingerprint density at radius 3 is 2.87 bits per heavy atom. The van der Waals surface area contributed by atoms with Crippen LogP contribution in [0.5, 0.6) is 0 Å². The summed E-state index contributed by atoms with van der Waals surface area (Å²) in [7, 11) is 0. The molecule has 1 fully saturated rings. The van der Waals surface area contributed by atoms with Gasteiger partial charge < -0.3 is 20.9 Å². The normalized spacial score (nSPS) is 14.1. The molecule has 0 spiro atoms. The molecule has 0 unspecified atom stereocenters. The summed E-state index contributed by atoms with van der Waals surface area (Å²) in [5.74, 6) is 0.785. The van der Waals surface area contributed by atoms with Crippen molar-refractivity contribution in [1.82, 2.24) is 19.9 Å². The van der Waals surface area contributed by atoms with E-state index in [1.807, 2.05) is 42.2 Å². The zero-order valence-electron chi connectivity index (χ0n) is 16.4. The Hall–Kier alpha value is -3.53. The quantitative estimate of drug-likeness (QED) is 0.621. The van der Waals surface area contributed by atoms with E-state index in [1.54, 1.807) is 12.4 Å². The van der Waals surface area contributed by atoms with E-state index in [1.165, 1.54) is 16.2 Å². The molecule has 0 aliphatic carbocycles. The van der Waals surface area contributed by atoms with Gasteiger partial charge in [0.25, 0.3) is 0 Å². The van der Waals surface area contributed by atoms with Crippen molar-refractivity contribution in [2.75, 3.05) is 36.4 Å². The smallest absolute Gasteiger partial charge is 0.242 e. The van der Waals surface area contributed by atoms with Crippen molar-refractivity contribution in [3.63, 3.8) is 0 Å². The van der Waals surface area contributed by atoms with Gasteiger partial charge in [0.1, 0.15) is 11.6 Å². The second-order valence-electron chi connectivity index (χ2n) is 6.96. The SMILES string of the molecule is Cc1ccnc(Nc2cccc(-c3cnc(N4CCN(CC(N)=O)C(=O)C4)s3)n2)c1. The van der Waals surface area contributed by atoms with Crippen LogP contribution in [0.1, 0.15) is 5.56 Å². The van der Waals surface area contributed by atoms with Crippen molar-refractivity contribution in [2.24, 2.45) is 5.73 Å². The van der Waals surface area contributed by atoms with E-state index in [-0.39, 0.29) is 19.0 Å². The van der Waals surface area contributed by atoms with E-state index in [9.17, 15) is 9.59 Å². The second kappa shape index (κ2) is 8.46. The Morgan fingerprint density at radius 1 is 1.23 bits per heavy atom. The number of pyridine rings is 2. The van der Waals surface area contributed by atoms with Crippen molar-refractivity contribution < 1.29 is 9.59 Å². The molecule has 1 aliphatic rings. The maximum atomic E-state index is 12.3. The molecule has 0 aromatic carbocycles. The summed E-state index contributed by atoms with van der Waals surface area (Å²) in [6.45, 7) is 3.18. The molecule has 0 radical (unpaired) electrons. The lowest BCUT2D eigenvalue weighted by molar-refractivity contribution is -0.135. The minimum absolute atomic E-state index is 0.0463. The van der Waals surface area contributed by atoms with Crippen LogP contribution in [0, 0.1) is 6.92 Å². The summed E-state index contributed by atoms with van der Waals surface area (Å²) in [6, 6.07) is 9.61. The molecule has 2 amide bonds. The van der Waals surface area contributed by atoms with Crippen molar-refractivity contribution >= 4 is 39.9 Å². The molecule has 4 heterocycles. The molecule has 0 bridgehead atoms. The van der Waals surface area contributed by atoms with E-state index in [0.29, 0.717) is 18.9 Å². The molecule has 10 heteroatoms. The van der Waals surface area contributed by atoms with Crippen molar-refractivity contribution in [3.8, 4) is 10.6 Å². The van der Waals surface area contributed by atoms with Crippen LogP contribution in [0.4, 0.5) is 16.8 Å². The van der Waals surface area contributed by atoms with Crippen molar-refractivity contribution in [2.45, 2.75) is 6.92 Å². The molecule has 9 nitrogen and oxygen atoms in total. The number of aromatic nitrogens is 3. The third-order valence-corrected chi connectivity index (χ3v) is 5.68. The fourth-order valence-corrected chi connectivity index (χ4v) is 4.04. The highest BCUT2D eigenvalue weighted by Crippen LogP contribution is 2.31. The highest BCUT2D eigenvalue weighted by molar-refractivity contribution is 7.18. The number of aryl methyl sites for hydroxylation is 1. The third kappa shape index (κ3) is 4.54. The Labute approximate surface area is 177 Å². The molecular formula is C20H21N7O2S. The minimum atomic E-state index is -0.506. The predicted molar refractivity (Wildman–Crippen MR) is 116 cm³/mol. The van der Waals surface area contributed by atoms with Gasteiger partial charge in [-0.2, -0.15) is 0 Å². The number of amides is 2. The van der Waals surface area contributed by atoms with Gasteiger partial charge in [0.2, 0.25) is 11.8 Å². The summed E-state index contributed by atoms with van der Waals surface area (Å²) in [4.78, 5) is 41.1. The number of thiazole rings is 1. The van der Waals surface area contributed by atoms with Gasteiger partial charge in [-0.05, 0) is 36.8 Å². The van der Waals surface area contributed by atoms with E-state index in [4.69, 9.17) is 5.73 Å². The Bertz CT molecular complexity index is 1080. The van der Waals surface area contributed by atoms with Gasteiger partial charge in [0, 0.05) is 25.5 Å². The number of nitrogens with one attached hydrogen (secondary N) is 1. The number of hydrogen-bond acceptors (Lipinski definition) is 8. The lowest BCUT2D eigenvalue weighted by Gasteiger charge is -2.33. The van der Waals surface area contributed by atoms with Gasteiger partial charge >= 0.3 is 0 Å². The lowest BCUT2D eigenvalue weighted by atomic mass is 10.3. The number of hydrogen-bond donors (Lipinski definition) is 2. The van der Waals surface area contributed by atoms with Crippen LogP contribution >= 0.6 is 11.3 Å². The largest absolute Gasteiger partial charge is 0.368 e. The molecule has 1 saturated heterocycles. The van der Waals surface area contributed by atoms with Crippen molar-refractivity contribution in [3.05, 3.63) is 48.3 Å². The van der Waals surface area contributed by atoms with Gasteiger partial charge in [-0.25, -0.2) is 15.0 Å². The summed E-state index contributed by atoms with van der Waals surface area (Å²) >= 11 is 1.47. The molecule has 30 heavy (non-hydrogen) atoms. The van der Waals surface area contributed by atoms with Gasteiger partial charge in [-0.3, -0.25) is 9.59 Å². The van der Waals surface area contributed by atoms with Gasteiger partial charge in [-0.1, -0.05) is 17.4 Å². The summed E-state index contributed by atoms with van der Waals surface area (Å²) in [5.41, 5.74) is 7.09. The first-order valence-corrected chi connectivity index (χ1v) is 10.2. The van der Waals surface area contributed by atoms with Crippen LogP contribution in [0.2, 0.25) is 0 Å². The molecule has 0 saturated carbocycles. The standard InChI is InChI=1S/C20H21N7O2S/c1-13-5-6-22-18(9-13)25-17-4-2-3-14(24-17)15-10-23-20(30-15)27-8-7-26(11-16(21)28)19(29)12-27/h2-6,9-10H,7-8,11-12H2,1H3,(H2,21,28)(H,22,24,25). The van der Waals surface area contributed by atoms with E-state index in [2.05, 4.69) is 20.3 Å². The molecule has 3 aromatic rings. The average Bonchev–Trinajstić information content (AvgIpc) is 3.20. The maximum absolute atomic E-state index is 12.3. The molecular weight excluding hydrogens is 402 g/mol. The maximum Gasteiger partial charge on any atom is 0.242 e. The van der Waals surface area contributed by atoms with Crippen LogP contribution in [-0.2, 0) is 9.59 Å². The van der Waals surface area contributed by atoms with E-state index < -0.39 is 5.91 Å². The summed E-state index contributed by atoms with van der Waals surface area (Å²) < 4.78 is 0. The number of rotatable bonds is 6. The van der Waals surface area contributed by atoms with E-state index in [0.717, 1.165) is 27.1 Å². The van der Waals surface area contributed by atoms with Gasteiger partial charge in [0.15, 0.2) is 5.13 Å². The second-order valence-corrected chi connectivity index (χ2v) is 7.97. The van der Waals surface area contributed by atoms with Crippen LogP contribution < -0.4 is 16.0 Å². The monoisotopic (exact) mass is 423 g/mol. The number of piperazine rings is 1. The fourth-order valence-electron chi connectivity index (χ4n) is 3.13. The first kappa shape index (κ1) is 19.8. The molecule has 3 aromatic heterocycles. The van der Waals surface area contributed by atoms with Crippen LogP contribution in [-0.4, -0.2) is 57.8 Å². The molecule has 4 rings (SSSR count). The zero-order chi connectivity index (χ0) is 21.1. The number of anilines is 3. The Balaban J connectivity index is 1.47. The van der Waals surface area contributed by atoms with Gasteiger partial charge in [0.05, 0.1) is 23.7 Å². The van der Waals surface area contributed by atoms with Gasteiger partial charge in [-0.15, -0.1) is 0 Å². The zero-order valence-corrected chi connectivity index (χ0v) is 17.2. The van der Waals surface area contributed by atoms with E-state index >= 15 is 0 Å². The Kier molecular flexibility index (Phi) is 5.57. The summed E-state index contributed by atoms with van der Waals surface area (Å²) in [6.07, 6.45) is 3.51.